The maximum absolute atomic E-state index is 11.3. The molecule has 1 amide bonds. The highest BCUT2D eigenvalue weighted by Gasteiger charge is 2.16. The number of amides is 1. The third-order valence-corrected chi connectivity index (χ3v) is 2.74. The molecular weight excluding hydrogens is 206 g/mol. The molecule has 0 aromatic heterocycles. The molecule has 1 heterocycles. The van der Waals surface area contributed by atoms with Crippen molar-refractivity contribution in [2.45, 2.75) is 19.3 Å². The molecule has 0 saturated carbocycles. The van der Waals surface area contributed by atoms with E-state index in [1.807, 2.05) is 25.1 Å². The summed E-state index contributed by atoms with van der Waals surface area (Å²) in [6.45, 7) is 2.30. The lowest BCUT2D eigenvalue weighted by molar-refractivity contribution is -0.120. The maximum Gasteiger partial charge on any atom is 0.231 e. The molecule has 1 aromatic carbocycles. The Morgan fingerprint density at radius 1 is 1.44 bits per heavy atom. The minimum Gasteiger partial charge on any atom is -0.454 e. The van der Waals surface area contributed by atoms with E-state index in [0.29, 0.717) is 6.42 Å². The highest BCUT2D eigenvalue weighted by atomic mass is 16.7. The van der Waals surface area contributed by atoms with Crippen LogP contribution in [0.1, 0.15) is 24.8 Å². The third kappa shape index (κ3) is 2.10. The van der Waals surface area contributed by atoms with Gasteiger partial charge in [-0.05, 0) is 23.6 Å². The number of carbonyl (C=O) groups is 1. The quantitative estimate of drug-likeness (QED) is 0.844. The Bertz CT molecular complexity index is 403. The minimum atomic E-state index is 0.0465. The Labute approximate surface area is 94.6 Å². The van der Waals surface area contributed by atoms with Gasteiger partial charge in [0, 0.05) is 13.5 Å². The van der Waals surface area contributed by atoms with E-state index in [-0.39, 0.29) is 18.6 Å². The Balaban J connectivity index is 2.12. The number of fused-ring (bicyclic) bond motifs is 1. The molecule has 0 radical (unpaired) electrons. The van der Waals surface area contributed by atoms with Crippen LogP contribution in [0.15, 0.2) is 18.2 Å². The van der Waals surface area contributed by atoms with Crippen molar-refractivity contribution in [3.05, 3.63) is 23.8 Å². The summed E-state index contributed by atoms with van der Waals surface area (Å²) < 4.78 is 10.5. The molecule has 1 aromatic rings. The zero-order valence-corrected chi connectivity index (χ0v) is 9.45. The van der Waals surface area contributed by atoms with Gasteiger partial charge in [0.25, 0.3) is 0 Å². The predicted molar refractivity (Wildman–Crippen MR) is 59.7 cm³/mol. The minimum absolute atomic E-state index is 0.0465. The molecule has 0 aliphatic carbocycles. The van der Waals surface area contributed by atoms with Crippen molar-refractivity contribution in [1.82, 2.24) is 5.32 Å². The highest BCUT2D eigenvalue weighted by molar-refractivity contribution is 5.76. The normalized spacial score (nSPS) is 14.6. The Hall–Kier alpha value is -1.71. The molecule has 0 fully saturated rings. The van der Waals surface area contributed by atoms with Gasteiger partial charge < -0.3 is 14.8 Å². The SMILES string of the molecule is CNC(=O)C[C@@H](C)c1ccc2c(c1)OCO2. The van der Waals surface area contributed by atoms with Crippen molar-refractivity contribution in [2.75, 3.05) is 13.8 Å². The summed E-state index contributed by atoms with van der Waals surface area (Å²) in [6, 6.07) is 5.80. The molecule has 1 atom stereocenters. The van der Waals surface area contributed by atoms with Gasteiger partial charge in [-0.15, -0.1) is 0 Å². The third-order valence-electron chi connectivity index (χ3n) is 2.74. The lowest BCUT2D eigenvalue weighted by Crippen LogP contribution is -2.19. The molecule has 1 aliphatic heterocycles. The Morgan fingerprint density at radius 2 is 2.19 bits per heavy atom. The summed E-state index contributed by atoms with van der Waals surface area (Å²) in [6.07, 6.45) is 0.482. The highest BCUT2D eigenvalue weighted by Crippen LogP contribution is 2.35. The van der Waals surface area contributed by atoms with Crippen LogP contribution in [-0.4, -0.2) is 19.7 Å². The Morgan fingerprint density at radius 3 is 2.94 bits per heavy atom. The largest absolute Gasteiger partial charge is 0.454 e. The van der Waals surface area contributed by atoms with E-state index in [0.717, 1.165) is 17.1 Å². The van der Waals surface area contributed by atoms with E-state index < -0.39 is 0 Å². The van der Waals surface area contributed by atoms with Crippen molar-refractivity contribution in [1.29, 1.82) is 0 Å². The van der Waals surface area contributed by atoms with Crippen LogP contribution in [0.4, 0.5) is 0 Å². The van der Waals surface area contributed by atoms with Gasteiger partial charge in [-0.25, -0.2) is 0 Å². The molecule has 0 spiro atoms. The number of carbonyl (C=O) groups excluding carboxylic acids is 1. The number of benzene rings is 1. The van der Waals surface area contributed by atoms with Crippen LogP contribution in [0.2, 0.25) is 0 Å². The molecule has 16 heavy (non-hydrogen) atoms. The first kappa shape index (κ1) is 10.8. The number of rotatable bonds is 3. The van der Waals surface area contributed by atoms with Crippen LogP contribution < -0.4 is 14.8 Å². The zero-order chi connectivity index (χ0) is 11.5. The first-order chi connectivity index (χ1) is 7.70. The molecule has 1 aliphatic rings. The molecule has 0 bridgehead atoms. The lowest BCUT2D eigenvalue weighted by Gasteiger charge is -2.11. The van der Waals surface area contributed by atoms with E-state index in [4.69, 9.17) is 9.47 Å². The van der Waals surface area contributed by atoms with Crippen molar-refractivity contribution in [3.8, 4) is 11.5 Å². The summed E-state index contributed by atoms with van der Waals surface area (Å²) in [4.78, 5) is 11.3. The van der Waals surface area contributed by atoms with Crippen LogP contribution in [0, 0.1) is 0 Å². The second kappa shape index (κ2) is 4.43. The first-order valence-corrected chi connectivity index (χ1v) is 5.31. The van der Waals surface area contributed by atoms with Gasteiger partial charge in [0.05, 0.1) is 0 Å². The van der Waals surface area contributed by atoms with Crippen LogP contribution in [0.3, 0.4) is 0 Å². The van der Waals surface area contributed by atoms with Gasteiger partial charge in [0.15, 0.2) is 11.5 Å². The monoisotopic (exact) mass is 221 g/mol. The number of hydrogen-bond acceptors (Lipinski definition) is 3. The molecule has 4 heteroatoms. The smallest absolute Gasteiger partial charge is 0.231 e. The molecular formula is C12H15NO3. The molecule has 0 unspecified atom stereocenters. The number of ether oxygens (including phenoxy) is 2. The van der Waals surface area contributed by atoms with Crippen LogP contribution in [-0.2, 0) is 4.79 Å². The standard InChI is InChI=1S/C12H15NO3/c1-8(5-12(14)13-2)9-3-4-10-11(6-9)16-7-15-10/h3-4,6,8H,5,7H2,1-2H3,(H,13,14)/t8-/m1/s1. The fourth-order valence-electron chi connectivity index (χ4n) is 1.72. The zero-order valence-electron chi connectivity index (χ0n) is 9.45. The van der Waals surface area contributed by atoms with Crippen LogP contribution in [0.5, 0.6) is 11.5 Å². The van der Waals surface area contributed by atoms with E-state index in [2.05, 4.69) is 5.32 Å². The maximum atomic E-state index is 11.3. The molecule has 2 rings (SSSR count). The molecule has 0 saturated heterocycles. The van der Waals surface area contributed by atoms with Crippen LogP contribution >= 0.6 is 0 Å². The van der Waals surface area contributed by atoms with Gasteiger partial charge in [-0.1, -0.05) is 13.0 Å². The number of hydrogen-bond donors (Lipinski definition) is 1. The Kier molecular flexibility index (Phi) is 2.99. The van der Waals surface area contributed by atoms with E-state index in [1.54, 1.807) is 7.05 Å². The molecule has 4 nitrogen and oxygen atoms in total. The predicted octanol–water partition coefficient (Wildman–Crippen LogP) is 1.65. The first-order valence-electron chi connectivity index (χ1n) is 5.31. The average molecular weight is 221 g/mol. The summed E-state index contributed by atoms with van der Waals surface area (Å²) in [5.74, 6) is 1.76. The fourth-order valence-corrected chi connectivity index (χ4v) is 1.72. The lowest BCUT2D eigenvalue weighted by atomic mass is 9.97. The van der Waals surface area contributed by atoms with Gasteiger partial charge in [0.2, 0.25) is 12.7 Å². The summed E-state index contributed by atoms with van der Waals surface area (Å²) >= 11 is 0. The van der Waals surface area contributed by atoms with Gasteiger partial charge in [0.1, 0.15) is 0 Å². The molecule has 86 valence electrons. The van der Waals surface area contributed by atoms with Gasteiger partial charge in [-0.3, -0.25) is 4.79 Å². The second-order valence-electron chi connectivity index (χ2n) is 3.89. The van der Waals surface area contributed by atoms with Crippen molar-refractivity contribution in [2.24, 2.45) is 0 Å². The fraction of sp³-hybridized carbons (Fsp3) is 0.417. The van der Waals surface area contributed by atoms with Crippen molar-refractivity contribution >= 4 is 5.91 Å². The summed E-state index contributed by atoms with van der Waals surface area (Å²) in [7, 11) is 1.65. The van der Waals surface area contributed by atoms with E-state index in [1.165, 1.54) is 0 Å². The number of nitrogens with one attached hydrogen (secondary N) is 1. The topological polar surface area (TPSA) is 47.6 Å². The summed E-state index contributed by atoms with van der Waals surface area (Å²) in [5.41, 5.74) is 1.09. The second-order valence-corrected chi connectivity index (χ2v) is 3.89. The van der Waals surface area contributed by atoms with Crippen LogP contribution in [0.25, 0.3) is 0 Å². The van der Waals surface area contributed by atoms with E-state index >= 15 is 0 Å². The summed E-state index contributed by atoms with van der Waals surface area (Å²) in [5, 5.41) is 2.62. The van der Waals surface area contributed by atoms with E-state index in [9.17, 15) is 4.79 Å². The molecule has 1 N–H and O–H groups in total. The average Bonchev–Trinajstić information content (AvgIpc) is 2.75. The van der Waals surface area contributed by atoms with Crippen molar-refractivity contribution < 1.29 is 14.3 Å². The van der Waals surface area contributed by atoms with Crippen molar-refractivity contribution in [3.63, 3.8) is 0 Å². The van der Waals surface area contributed by atoms with Gasteiger partial charge >= 0.3 is 0 Å². The van der Waals surface area contributed by atoms with Gasteiger partial charge in [-0.2, -0.15) is 0 Å².